The largest absolute Gasteiger partial charge is 0.376 e. The van der Waals surface area contributed by atoms with Crippen LogP contribution in [0.15, 0.2) is 24.3 Å². The topological polar surface area (TPSA) is 68.2 Å². The van der Waals surface area contributed by atoms with Gasteiger partial charge >= 0.3 is 6.03 Å². The molecule has 2 aromatic rings. The Labute approximate surface area is 142 Å². The molecule has 1 aromatic carbocycles. The number of urea groups is 1. The maximum Gasteiger partial charge on any atom is 0.320 e. The van der Waals surface area contributed by atoms with Gasteiger partial charge in [0, 0.05) is 24.9 Å². The number of nitrogens with one attached hydrogen (secondary N) is 2. The van der Waals surface area contributed by atoms with E-state index in [-0.39, 0.29) is 12.1 Å². The summed E-state index contributed by atoms with van der Waals surface area (Å²) >= 11 is 0. The third-order valence-corrected chi connectivity index (χ3v) is 4.09. The molecule has 1 unspecified atom stereocenters. The lowest BCUT2D eigenvalue weighted by Crippen LogP contribution is -2.35. The molecule has 128 valence electrons. The van der Waals surface area contributed by atoms with Crippen molar-refractivity contribution >= 4 is 11.8 Å². The zero-order chi connectivity index (χ0) is 17.1. The van der Waals surface area contributed by atoms with Gasteiger partial charge in [0.25, 0.3) is 0 Å². The molecule has 2 heterocycles. The highest BCUT2D eigenvalue weighted by atomic mass is 16.5. The Balaban J connectivity index is 1.66. The summed E-state index contributed by atoms with van der Waals surface area (Å²) in [5, 5.41) is 10.1. The van der Waals surface area contributed by atoms with Gasteiger partial charge in [0.05, 0.1) is 11.8 Å². The normalized spacial score (nSPS) is 17.0. The van der Waals surface area contributed by atoms with Crippen LogP contribution in [0.1, 0.15) is 29.7 Å². The molecule has 2 amide bonds. The fraction of sp³-hybridized carbons (Fsp3) is 0.444. The van der Waals surface area contributed by atoms with Crippen LogP contribution in [-0.2, 0) is 4.74 Å². The van der Waals surface area contributed by atoms with Crippen molar-refractivity contribution in [1.29, 1.82) is 0 Å². The summed E-state index contributed by atoms with van der Waals surface area (Å²) in [4.78, 5) is 12.0. The van der Waals surface area contributed by atoms with Crippen LogP contribution < -0.4 is 10.6 Å². The van der Waals surface area contributed by atoms with Gasteiger partial charge in [0.15, 0.2) is 5.82 Å². The number of hydrogen-bond acceptors (Lipinski definition) is 3. The van der Waals surface area contributed by atoms with Crippen molar-refractivity contribution in [2.24, 2.45) is 0 Å². The molecule has 0 radical (unpaired) electrons. The number of carbonyl (C=O) groups is 1. The van der Waals surface area contributed by atoms with Crippen molar-refractivity contribution in [3.63, 3.8) is 0 Å². The summed E-state index contributed by atoms with van der Waals surface area (Å²) in [7, 11) is 0. The summed E-state index contributed by atoms with van der Waals surface area (Å²) < 4.78 is 7.34. The summed E-state index contributed by atoms with van der Waals surface area (Å²) in [6, 6.07) is 7.89. The van der Waals surface area contributed by atoms with Gasteiger partial charge in [-0.25, -0.2) is 9.48 Å². The van der Waals surface area contributed by atoms with Crippen LogP contribution in [0.25, 0.3) is 5.69 Å². The second kappa shape index (κ2) is 7.05. The van der Waals surface area contributed by atoms with Crippen LogP contribution in [0.4, 0.5) is 10.6 Å². The summed E-state index contributed by atoms with van der Waals surface area (Å²) in [5.74, 6) is 0.538. The third-order valence-electron chi connectivity index (χ3n) is 4.09. The lowest BCUT2D eigenvalue weighted by Gasteiger charge is -2.10. The molecular weight excluding hydrogens is 304 g/mol. The second-order valence-electron chi connectivity index (χ2n) is 6.40. The minimum atomic E-state index is -0.254. The van der Waals surface area contributed by atoms with Crippen molar-refractivity contribution in [2.75, 3.05) is 18.5 Å². The van der Waals surface area contributed by atoms with Gasteiger partial charge in [-0.15, -0.1) is 5.10 Å². The highest BCUT2D eigenvalue weighted by molar-refractivity contribution is 5.88. The summed E-state index contributed by atoms with van der Waals surface area (Å²) in [6.07, 6.45) is 2.19. The van der Waals surface area contributed by atoms with Gasteiger partial charge in [-0.05, 0) is 56.9 Å². The first-order valence-corrected chi connectivity index (χ1v) is 8.33. The van der Waals surface area contributed by atoms with Gasteiger partial charge in [-0.1, -0.05) is 6.07 Å². The summed E-state index contributed by atoms with van der Waals surface area (Å²) in [5.41, 5.74) is 4.33. The lowest BCUT2D eigenvalue weighted by atomic mass is 10.1. The fourth-order valence-electron chi connectivity index (χ4n) is 3.04. The quantitative estimate of drug-likeness (QED) is 0.906. The van der Waals surface area contributed by atoms with Crippen LogP contribution in [0, 0.1) is 20.8 Å². The summed E-state index contributed by atoms with van der Waals surface area (Å²) in [6.45, 7) is 7.41. The number of anilines is 1. The Hall–Kier alpha value is -2.34. The smallest absolute Gasteiger partial charge is 0.320 e. The molecule has 1 aromatic heterocycles. The molecular formula is C18H24N4O2. The van der Waals surface area contributed by atoms with Crippen molar-refractivity contribution in [3.05, 3.63) is 41.1 Å². The molecule has 24 heavy (non-hydrogen) atoms. The second-order valence-corrected chi connectivity index (χ2v) is 6.40. The van der Waals surface area contributed by atoms with E-state index in [1.54, 1.807) is 0 Å². The van der Waals surface area contributed by atoms with Crippen LogP contribution in [0.5, 0.6) is 0 Å². The molecule has 0 bridgehead atoms. The Morgan fingerprint density at radius 1 is 1.25 bits per heavy atom. The van der Waals surface area contributed by atoms with E-state index >= 15 is 0 Å². The van der Waals surface area contributed by atoms with Crippen LogP contribution in [-0.4, -0.2) is 35.1 Å². The lowest BCUT2D eigenvalue weighted by molar-refractivity contribution is 0.112. The van der Waals surface area contributed by atoms with Gasteiger partial charge in [0.1, 0.15) is 0 Å². The third kappa shape index (κ3) is 3.94. The first-order valence-electron chi connectivity index (χ1n) is 8.33. The van der Waals surface area contributed by atoms with Gasteiger partial charge in [-0.2, -0.15) is 0 Å². The number of amides is 2. The fourth-order valence-corrected chi connectivity index (χ4v) is 3.04. The SMILES string of the molecule is Cc1cc(C)cc(-n2nc(NC(=O)NCC3CCCO3)cc2C)c1. The molecule has 1 atom stereocenters. The average Bonchev–Trinajstić information content (AvgIpc) is 3.14. The number of ether oxygens (including phenoxy) is 1. The molecule has 1 aliphatic rings. The minimum absolute atomic E-state index is 0.130. The molecule has 3 rings (SSSR count). The van der Waals surface area contributed by atoms with E-state index in [0.717, 1.165) is 30.8 Å². The predicted molar refractivity (Wildman–Crippen MR) is 93.8 cm³/mol. The number of benzene rings is 1. The van der Waals surface area contributed by atoms with Gasteiger partial charge in [-0.3, -0.25) is 5.32 Å². The number of rotatable bonds is 4. The molecule has 1 aliphatic heterocycles. The number of nitrogens with zero attached hydrogens (tertiary/aromatic N) is 2. The van der Waals surface area contributed by atoms with Crippen LogP contribution in [0.2, 0.25) is 0 Å². The molecule has 6 heteroatoms. The Bertz CT molecular complexity index is 712. The number of carbonyl (C=O) groups excluding carboxylic acids is 1. The maximum absolute atomic E-state index is 12.0. The highest BCUT2D eigenvalue weighted by Crippen LogP contribution is 2.18. The van der Waals surface area contributed by atoms with Gasteiger partial charge < -0.3 is 10.1 Å². The minimum Gasteiger partial charge on any atom is -0.376 e. The zero-order valence-electron chi connectivity index (χ0n) is 14.4. The highest BCUT2D eigenvalue weighted by Gasteiger charge is 2.16. The van der Waals surface area contributed by atoms with Crippen LogP contribution in [0.3, 0.4) is 0 Å². The van der Waals surface area contributed by atoms with Crippen molar-refractivity contribution in [3.8, 4) is 5.69 Å². The molecule has 6 nitrogen and oxygen atoms in total. The average molecular weight is 328 g/mol. The van der Waals surface area contributed by atoms with Crippen molar-refractivity contribution in [2.45, 2.75) is 39.7 Å². The first kappa shape index (κ1) is 16.5. The van der Waals surface area contributed by atoms with Gasteiger partial charge in [0.2, 0.25) is 0 Å². The van der Waals surface area contributed by atoms with Crippen molar-refractivity contribution < 1.29 is 9.53 Å². The monoisotopic (exact) mass is 328 g/mol. The predicted octanol–water partition coefficient (Wildman–Crippen LogP) is 3.10. The Kier molecular flexibility index (Phi) is 4.85. The van der Waals surface area contributed by atoms with E-state index in [1.807, 2.05) is 17.7 Å². The van der Waals surface area contributed by atoms with E-state index in [4.69, 9.17) is 4.74 Å². The molecule has 0 spiro atoms. The number of hydrogen-bond donors (Lipinski definition) is 2. The molecule has 1 saturated heterocycles. The Morgan fingerprint density at radius 2 is 2.00 bits per heavy atom. The van der Waals surface area contributed by atoms with Crippen molar-refractivity contribution in [1.82, 2.24) is 15.1 Å². The molecule has 2 N–H and O–H groups in total. The maximum atomic E-state index is 12.0. The standard InChI is InChI=1S/C18H24N4O2/c1-12-7-13(2)9-15(8-12)22-14(3)10-17(21-22)20-18(23)19-11-16-5-4-6-24-16/h7-10,16H,4-6,11H2,1-3H3,(H2,19,20,21,23). The molecule has 1 fully saturated rings. The zero-order valence-corrected chi connectivity index (χ0v) is 14.4. The molecule has 0 saturated carbocycles. The molecule has 0 aliphatic carbocycles. The van der Waals surface area contributed by atoms with E-state index in [0.29, 0.717) is 12.4 Å². The number of aromatic nitrogens is 2. The van der Waals surface area contributed by atoms with Crippen LogP contribution >= 0.6 is 0 Å². The van der Waals surface area contributed by atoms with E-state index < -0.39 is 0 Å². The van der Waals surface area contributed by atoms with E-state index in [9.17, 15) is 4.79 Å². The first-order chi connectivity index (χ1) is 11.5. The number of aryl methyl sites for hydroxylation is 3. The van der Waals surface area contributed by atoms with E-state index in [1.165, 1.54) is 11.1 Å². The van der Waals surface area contributed by atoms with E-state index in [2.05, 4.69) is 47.8 Å². The Morgan fingerprint density at radius 3 is 2.67 bits per heavy atom.